The van der Waals surface area contributed by atoms with Crippen LogP contribution in [0, 0.1) is 5.41 Å². The molecule has 0 radical (unpaired) electrons. The number of hydrogen-bond acceptors (Lipinski definition) is 6. The smallest absolute Gasteiger partial charge is 0.427 e. The van der Waals surface area contributed by atoms with E-state index in [-0.39, 0.29) is 23.5 Å². The quantitative estimate of drug-likeness (QED) is 0.365. The molecule has 2 aromatic rings. The first-order chi connectivity index (χ1) is 18.5. The summed E-state index contributed by atoms with van der Waals surface area (Å²) in [5, 5.41) is 11.6. The maximum absolute atomic E-state index is 13.7. The average Bonchev–Trinajstić information content (AvgIpc) is 2.81. The molecule has 1 aliphatic heterocycles. The zero-order chi connectivity index (χ0) is 31.2. The van der Waals surface area contributed by atoms with Gasteiger partial charge in [0.15, 0.2) is 0 Å². The third-order valence-electron chi connectivity index (χ3n) is 6.23. The lowest BCUT2D eigenvalue weighted by Gasteiger charge is -2.38. The molecule has 0 aromatic heterocycles. The number of nitrogens with zero attached hydrogens (tertiary/aromatic N) is 1. The number of nitrogens with one attached hydrogen (secondary N) is 1. The van der Waals surface area contributed by atoms with Crippen molar-refractivity contribution in [2.24, 2.45) is 5.41 Å². The predicted octanol–water partition coefficient (Wildman–Crippen LogP) is 6.05. The molecule has 3 rings (SSSR count). The van der Waals surface area contributed by atoms with Gasteiger partial charge in [-0.3, -0.25) is 14.4 Å². The largest absolute Gasteiger partial charge is 0.486 e. The van der Waals surface area contributed by atoms with E-state index in [0.717, 1.165) is 18.2 Å². The first-order valence-electron chi connectivity index (χ1n) is 11.9. The average molecular weight is 613 g/mol. The minimum atomic E-state index is -4.90. The summed E-state index contributed by atoms with van der Waals surface area (Å²) in [7, 11) is -4.75. The molecular weight excluding hydrogens is 586 g/mol. The molecule has 16 heteroatoms. The van der Waals surface area contributed by atoms with E-state index in [9.17, 15) is 49.5 Å². The monoisotopic (exact) mass is 612 g/mol. The molecule has 0 unspecified atom stereocenters. The summed E-state index contributed by atoms with van der Waals surface area (Å²) >= 11 is 0. The van der Waals surface area contributed by atoms with Crippen molar-refractivity contribution in [3.8, 4) is 5.75 Å². The number of carboxylic acids is 1. The van der Waals surface area contributed by atoms with Crippen molar-refractivity contribution in [1.29, 1.82) is 0 Å². The molecule has 1 aliphatic rings. The van der Waals surface area contributed by atoms with Crippen molar-refractivity contribution in [3.05, 3.63) is 48.0 Å². The first-order valence-corrected chi connectivity index (χ1v) is 13.3. The second-order valence-corrected chi connectivity index (χ2v) is 12.3. The van der Waals surface area contributed by atoms with Crippen LogP contribution in [0.15, 0.2) is 47.4 Å². The second kappa shape index (κ2) is 10.6. The van der Waals surface area contributed by atoms with E-state index in [0.29, 0.717) is 30.3 Å². The number of alkyl halides is 6. The summed E-state index contributed by atoms with van der Waals surface area (Å²) in [6.45, 7) is 3.46. The number of carbonyl (C=O) groups is 2. The lowest BCUT2D eigenvalue weighted by Crippen LogP contribution is -2.46. The van der Waals surface area contributed by atoms with Crippen LogP contribution in [-0.4, -0.2) is 50.0 Å². The van der Waals surface area contributed by atoms with Crippen LogP contribution in [0.25, 0.3) is 0 Å². The molecule has 1 heterocycles. The van der Waals surface area contributed by atoms with E-state index in [2.05, 4.69) is 10.1 Å². The van der Waals surface area contributed by atoms with Gasteiger partial charge in [-0.05, 0) is 64.1 Å². The van der Waals surface area contributed by atoms with E-state index in [1.54, 1.807) is 0 Å². The fourth-order valence-electron chi connectivity index (χ4n) is 3.77. The van der Waals surface area contributed by atoms with E-state index >= 15 is 0 Å². The van der Waals surface area contributed by atoms with Gasteiger partial charge in [0.1, 0.15) is 11.9 Å². The van der Waals surface area contributed by atoms with Crippen LogP contribution in [-0.2, 0) is 25.7 Å². The van der Waals surface area contributed by atoms with Gasteiger partial charge in [0.05, 0.1) is 28.1 Å². The van der Waals surface area contributed by atoms with Crippen molar-refractivity contribution in [1.82, 2.24) is 0 Å². The Morgan fingerprint density at radius 3 is 2.24 bits per heavy atom. The number of anilines is 2. The highest BCUT2D eigenvalue weighted by Crippen LogP contribution is 2.42. The lowest BCUT2D eigenvalue weighted by molar-refractivity contribution is -0.242. The molecule has 0 aliphatic carbocycles. The van der Waals surface area contributed by atoms with Crippen LogP contribution in [0.5, 0.6) is 5.75 Å². The minimum Gasteiger partial charge on any atom is -0.486 e. The molecule has 2 aromatic carbocycles. The Hall–Kier alpha value is -3.69. The third-order valence-corrected chi connectivity index (χ3v) is 8.01. The topological polar surface area (TPSA) is 122 Å². The van der Waals surface area contributed by atoms with Gasteiger partial charge in [-0.2, -0.15) is 26.3 Å². The van der Waals surface area contributed by atoms with E-state index < -0.39 is 68.6 Å². The molecule has 226 valence electrons. The molecule has 9 nitrogen and oxygen atoms in total. The fraction of sp³-hybridized carbons (Fsp3) is 0.440. The van der Waals surface area contributed by atoms with Gasteiger partial charge in [0.25, 0.3) is 10.0 Å². The number of halogens is 6. The van der Waals surface area contributed by atoms with Crippen LogP contribution in [0.3, 0.4) is 0 Å². The Morgan fingerprint density at radius 1 is 1.05 bits per heavy atom. The van der Waals surface area contributed by atoms with Gasteiger partial charge in [-0.1, -0.05) is 6.07 Å². The number of amides is 1. The van der Waals surface area contributed by atoms with Gasteiger partial charge in [0, 0.05) is 12.1 Å². The molecule has 0 saturated carbocycles. The van der Waals surface area contributed by atoms with E-state index in [1.165, 1.54) is 26.0 Å². The summed E-state index contributed by atoms with van der Waals surface area (Å²) < 4.78 is 118. The van der Waals surface area contributed by atoms with E-state index in [4.69, 9.17) is 4.74 Å². The van der Waals surface area contributed by atoms with Crippen LogP contribution >= 0.6 is 0 Å². The summed E-state index contributed by atoms with van der Waals surface area (Å²) in [4.78, 5) is 23.1. The van der Waals surface area contributed by atoms with Crippen molar-refractivity contribution in [2.45, 2.75) is 63.1 Å². The van der Waals surface area contributed by atoms with Crippen LogP contribution in [0.1, 0.15) is 39.7 Å². The van der Waals surface area contributed by atoms with Gasteiger partial charge in [-0.15, -0.1) is 0 Å². The van der Waals surface area contributed by atoms with Crippen LogP contribution in [0.4, 0.5) is 42.5 Å². The van der Waals surface area contributed by atoms with Gasteiger partial charge < -0.3 is 14.6 Å². The summed E-state index contributed by atoms with van der Waals surface area (Å²) in [5.74, 6) is -1.34. The third kappa shape index (κ3) is 6.97. The molecule has 0 bridgehead atoms. The number of hydrogen-bond donors (Lipinski definition) is 2. The highest BCUT2D eigenvalue weighted by Gasteiger charge is 2.51. The molecule has 0 saturated heterocycles. The van der Waals surface area contributed by atoms with E-state index in [1.807, 2.05) is 0 Å². The summed E-state index contributed by atoms with van der Waals surface area (Å²) in [5.41, 5.74) is -5.97. The normalized spacial score (nSPS) is 16.4. The van der Waals surface area contributed by atoms with Crippen molar-refractivity contribution < 1.29 is 58.9 Å². The zero-order valence-electron chi connectivity index (χ0n) is 22.1. The van der Waals surface area contributed by atoms with Crippen molar-refractivity contribution in [3.63, 3.8) is 0 Å². The van der Waals surface area contributed by atoms with Crippen LogP contribution in [0.2, 0.25) is 0 Å². The maximum atomic E-state index is 13.7. The van der Waals surface area contributed by atoms with Crippen molar-refractivity contribution >= 4 is 33.5 Å². The van der Waals surface area contributed by atoms with Crippen molar-refractivity contribution in [2.75, 3.05) is 16.2 Å². The Balaban J connectivity index is 2.05. The fourth-order valence-corrected chi connectivity index (χ4v) is 5.32. The Bertz CT molecular complexity index is 1440. The minimum absolute atomic E-state index is 0.132. The molecular formula is C25H26F6N2O7S. The Kier molecular flexibility index (Phi) is 8.24. The number of sulfonamides is 1. The lowest BCUT2D eigenvalue weighted by atomic mass is 9.86. The van der Waals surface area contributed by atoms with Gasteiger partial charge >= 0.3 is 24.4 Å². The first kappa shape index (κ1) is 31.8. The highest BCUT2D eigenvalue weighted by molar-refractivity contribution is 7.92. The number of carbonyl (C=O) groups excluding carboxylic acids is 1. The number of rotatable bonds is 7. The summed E-state index contributed by atoms with van der Waals surface area (Å²) in [6.07, 6.45) is -12.5. The molecule has 2 N–H and O–H groups in total. The molecule has 41 heavy (non-hydrogen) atoms. The molecule has 0 fully saturated rings. The molecule has 1 amide bonds. The number of benzene rings is 2. The van der Waals surface area contributed by atoms with Gasteiger partial charge in [-0.25, -0.2) is 13.2 Å². The molecule has 1 atom stereocenters. The SMILES string of the molecule is CC(C)(C[C@H]1CN(S(=O)(=O)c2cccc(C(F)(F)F)c2)c2cc(NC(=O)OC(C)(C)C(F)(F)F)ccc2O1)C(=O)O. The predicted molar refractivity (Wildman–Crippen MR) is 133 cm³/mol. The highest BCUT2D eigenvalue weighted by atomic mass is 32.2. The number of carboxylic acid groups (broad SMARTS) is 1. The second-order valence-electron chi connectivity index (χ2n) is 10.4. The Labute approximate surface area is 231 Å². The molecule has 0 spiro atoms. The van der Waals surface area contributed by atoms with Crippen LogP contribution < -0.4 is 14.4 Å². The standard InChI is InChI=1S/C25H26F6N2O7S/c1-22(2,20(34)35)12-16-13-33(41(37,38)17-7-5-6-14(10-17)24(26,27)28)18-11-15(8-9-19(18)39-16)32-21(36)40-23(3,4)25(29,30)31/h5-11,16H,12-13H2,1-4H3,(H,32,36)(H,34,35)/t16-/m0/s1. The van der Waals surface area contributed by atoms with Gasteiger partial charge in [0.2, 0.25) is 5.60 Å². The number of aliphatic carboxylic acids is 1. The summed E-state index contributed by atoms with van der Waals surface area (Å²) in [6, 6.07) is 6.32. The zero-order valence-corrected chi connectivity index (χ0v) is 22.9. The number of ether oxygens (including phenoxy) is 2. The maximum Gasteiger partial charge on any atom is 0.427 e. The number of fused-ring (bicyclic) bond motifs is 1. The Morgan fingerprint density at radius 2 is 1.68 bits per heavy atom.